The van der Waals surface area contributed by atoms with E-state index in [2.05, 4.69) is 15.5 Å². The average molecular weight is 339 g/mol. The van der Waals surface area contributed by atoms with Crippen LogP contribution in [-0.4, -0.2) is 22.6 Å². The van der Waals surface area contributed by atoms with Gasteiger partial charge in [0.15, 0.2) is 5.82 Å². The van der Waals surface area contributed by atoms with Crippen LogP contribution >= 0.6 is 12.4 Å². The van der Waals surface area contributed by atoms with E-state index in [1.807, 2.05) is 44.2 Å². The lowest BCUT2D eigenvalue weighted by Gasteiger charge is -2.12. The smallest absolute Gasteiger partial charge is 0.227 e. The molecule has 3 N–H and O–H groups in total. The van der Waals surface area contributed by atoms with E-state index in [1.165, 1.54) is 0 Å². The molecule has 0 bridgehead atoms. The molecule has 0 fully saturated rings. The van der Waals surface area contributed by atoms with E-state index in [4.69, 9.17) is 10.3 Å². The van der Waals surface area contributed by atoms with E-state index in [0.29, 0.717) is 31.1 Å². The number of halogens is 1. The topological polar surface area (TPSA) is 94.0 Å². The maximum atomic E-state index is 11.8. The normalized spacial score (nSPS) is 11.8. The lowest BCUT2D eigenvalue weighted by atomic mass is 10.1. The van der Waals surface area contributed by atoms with Crippen molar-refractivity contribution in [2.75, 3.05) is 6.54 Å². The van der Waals surface area contributed by atoms with Gasteiger partial charge in [-0.25, -0.2) is 0 Å². The van der Waals surface area contributed by atoms with E-state index in [1.54, 1.807) is 0 Å². The fourth-order valence-electron chi connectivity index (χ4n) is 1.95. The third-order valence-electron chi connectivity index (χ3n) is 3.31. The van der Waals surface area contributed by atoms with E-state index < -0.39 is 0 Å². The van der Waals surface area contributed by atoms with Crippen LogP contribution in [-0.2, 0) is 11.2 Å². The van der Waals surface area contributed by atoms with Crippen molar-refractivity contribution in [2.45, 2.75) is 38.6 Å². The highest BCUT2D eigenvalue weighted by molar-refractivity contribution is 5.85. The summed E-state index contributed by atoms with van der Waals surface area (Å²) in [5.74, 6) is 1.30. The first kappa shape index (κ1) is 19.1. The number of hydrogen-bond acceptors (Lipinski definition) is 5. The number of hydrogen-bond donors (Lipinski definition) is 2. The van der Waals surface area contributed by atoms with Gasteiger partial charge >= 0.3 is 0 Å². The van der Waals surface area contributed by atoms with Crippen molar-refractivity contribution in [3.63, 3.8) is 0 Å². The Kier molecular flexibility index (Phi) is 7.71. The number of nitrogens with zero attached hydrogens (tertiary/aromatic N) is 2. The van der Waals surface area contributed by atoms with E-state index in [9.17, 15) is 4.79 Å². The summed E-state index contributed by atoms with van der Waals surface area (Å²) in [5.41, 5.74) is 7.03. The second kappa shape index (κ2) is 9.27. The van der Waals surface area contributed by atoms with Gasteiger partial charge in [-0.15, -0.1) is 12.4 Å². The Hall–Kier alpha value is -1.92. The van der Waals surface area contributed by atoms with Crippen LogP contribution in [0.3, 0.4) is 0 Å². The molecule has 0 spiro atoms. The molecule has 1 aromatic heterocycles. The monoisotopic (exact) mass is 338 g/mol. The molecule has 0 aliphatic carbocycles. The van der Waals surface area contributed by atoms with Gasteiger partial charge in [0.1, 0.15) is 0 Å². The number of amides is 1. The summed E-state index contributed by atoms with van der Waals surface area (Å²) in [7, 11) is 0. The van der Waals surface area contributed by atoms with Crippen molar-refractivity contribution in [2.24, 2.45) is 5.73 Å². The maximum absolute atomic E-state index is 11.8. The van der Waals surface area contributed by atoms with Crippen molar-refractivity contribution < 1.29 is 9.32 Å². The predicted molar refractivity (Wildman–Crippen MR) is 90.3 cm³/mol. The van der Waals surface area contributed by atoms with Crippen molar-refractivity contribution in [1.82, 2.24) is 15.5 Å². The van der Waals surface area contributed by atoms with Gasteiger partial charge in [-0.2, -0.15) is 4.98 Å². The number of nitrogens with one attached hydrogen (secondary N) is 1. The number of nitrogens with two attached hydrogens (primary N) is 1. The first-order chi connectivity index (χ1) is 10.6. The molecule has 0 aliphatic heterocycles. The molecular formula is C16H23ClN4O2. The summed E-state index contributed by atoms with van der Waals surface area (Å²) < 4.78 is 5.11. The highest BCUT2D eigenvalue weighted by Gasteiger charge is 2.12. The van der Waals surface area contributed by atoms with Crippen LogP contribution in [0.5, 0.6) is 0 Å². The molecule has 1 unspecified atom stereocenters. The number of benzene rings is 1. The van der Waals surface area contributed by atoms with Crippen LogP contribution < -0.4 is 11.1 Å². The molecule has 0 saturated heterocycles. The molecule has 2 aromatic rings. The second-order valence-electron chi connectivity index (χ2n) is 5.52. The fraction of sp³-hybridized carbons (Fsp3) is 0.438. The molecule has 0 saturated carbocycles. The molecule has 0 radical (unpaired) electrons. The van der Waals surface area contributed by atoms with Gasteiger partial charge < -0.3 is 15.6 Å². The summed E-state index contributed by atoms with van der Waals surface area (Å²) in [6.07, 6.45) is 0.743. The first-order valence-corrected chi connectivity index (χ1v) is 7.46. The summed E-state index contributed by atoms with van der Waals surface area (Å²) in [6.45, 7) is 4.39. The Morgan fingerprint density at radius 2 is 2.00 bits per heavy atom. The number of rotatable bonds is 7. The van der Waals surface area contributed by atoms with Crippen molar-refractivity contribution in [1.29, 1.82) is 0 Å². The van der Waals surface area contributed by atoms with Gasteiger partial charge in [0, 0.05) is 31.3 Å². The minimum Gasteiger partial charge on any atom is -0.354 e. The third-order valence-corrected chi connectivity index (χ3v) is 3.31. The Labute approximate surface area is 142 Å². The number of aryl methyl sites for hydroxylation is 1. The lowest BCUT2D eigenvalue weighted by Crippen LogP contribution is -2.32. The third kappa shape index (κ3) is 6.00. The molecule has 23 heavy (non-hydrogen) atoms. The molecule has 6 nitrogen and oxygen atoms in total. The van der Waals surface area contributed by atoms with Crippen LogP contribution in [0.2, 0.25) is 0 Å². The van der Waals surface area contributed by atoms with E-state index in [0.717, 1.165) is 5.56 Å². The van der Waals surface area contributed by atoms with E-state index in [-0.39, 0.29) is 30.3 Å². The Morgan fingerprint density at radius 1 is 1.30 bits per heavy atom. The summed E-state index contributed by atoms with van der Waals surface area (Å²) in [6, 6.07) is 9.48. The predicted octanol–water partition coefficient (Wildman–Crippen LogP) is 2.36. The van der Waals surface area contributed by atoms with Gasteiger partial charge in [0.2, 0.25) is 11.8 Å². The number of carbonyl (C=O) groups excluding carboxylic acids is 1. The highest BCUT2D eigenvalue weighted by Crippen LogP contribution is 2.11. The average Bonchev–Trinajstić information content (AvgIpc) is 3.00. The number of aromatic nitrogens is 2. The zero-order valence-corrected chi connectivity index (χ0v) is 14.2. The quantitative estimate of drug-likeness (QED) is 0.808. The zero-order valence-electron chi connectivity index (χ0n) is 13.4. The minimum atomic E-state index is -0.207. The standard InChI is InChI=1S/C16H22N4O2.ClH/c1-11(2)16-19-15(22-20-16)9-8-14(21)18-10-13(17)12-6-4-3-5-7-12;/h3-7,11,13H,8-10,17H2,1-2H3,(H,18,21);1H. The largest absolute Gasteiger partial charge is 0.354 e. The molecule has 0 aliphatic rings. The van der Waals surface area contributed by atoms with Crippen LogP contribution in [0.1, 0.15) is 49.5 Å². The van der Waals surface area contributed by atoms with Crippen LogP contribution in [0, 0.1) is 0 Å². The van der Waals surface area contributed by atoms with Gasteiger partial charge in [-0.05, 0) is 5.56 Å². The molecule has 126 valence electrons. The Balaban J connectivity index is 0.00000264. The van der Waals surface area contributed by atoms with Crippen molar-refractivity contribution in [3.05, 3.63) is 47.6 Å². The number of carbonyl (C=O) groups is 1. The molecule has 2 rings (SSSR count). The van der Waals surface area contributed by atoms with Crippen molar-refractivity contribution >= 4 is 18.3 Å². The Morgan fingerprint density at radius 3 is 2.61 bits per heavy atom. The van der Waals surface area contributed by atoms with Crippen molar-refractivity contribution in [3.8, 4) is 0 Å². The molecule has 1 amide bonds. The van der Waals surface area contributed by atoms with Gasteiger partial charge in [-0.1, -0.05) is 49.3 Å². The van der Waals surface area contributed by atoms with Gasteiger partial charge in [0.25, 0.3) is 0 Å². The van der Waals surface area contributed by atoms with Gasteiger partial charge in [-0.3, -0.25) is 4.79 Å². The summed E-state index contributed by atoms with van der Waals surface area (Å²) >= 11 is 0. The SMILES string of the molecule is CC(C)c1noc(CCC(=O)NCC(N)c2ccccc2)n1.Cl. The van der Waals surface area contributed by atoms with Crippen LogP contribution in [0.4, 0.5) is 0 Å². The molecule has 1 aromatic carbocycles. The minimum absolute atomic E-state index is 0. The van der Waals surface area contributed by atoms with E-state index >= 15 is 0 Å². The highest BCUT2D eigenvalue weighted by atomic mass is 35.5. The Bertz CT molecular complexity index is 601. The van der Waals surface area contributed by atoms with Crippen LogP contribution in [0.15, 0.2) is 34.9 Å². The summed E-state index contributed by atoms with van der Waals surface area (Å²) in [4.78, 5) is 16.1. The second-order valence-corrected chi connectivity index (χ2v) is 5.52. The molecular weight excluding hydrogens is 316 g/mol. The van der Waals surface area contributed by atoms with Gasteiger partial charge in [0.05, 0.1) is 0 Å². The van der Waals surface area contributed by atoms with Crippen LogP contribution in [0.25, 0.3) is 0 Å². The molecule has 7 heteroatoms. The molecule has 1 atom stereocenters. The lowest BCUT2D eigenvalue weighted by molar-refractivity contribution is -0.121. The summed E-state index contributed by atoms with van der Waals surface area (Å²) in [5, 5.41) is 6.70. The zero-order chi connectivity index (χ0) is 15.9. The fourth-order valence-corrected chi connectivity index (χ4v) is 1.95. The first-order valence-electron chi connectivity index (χ1n) is 7.46. The maximum Gasteiger partial charge on any atom is 0.227 e. The molecule has 1 heterocycles.